The van der Waals surface area contributed by atoms with E-state index in [0.29, 0.717) is 25.9 Å². The van der Waals surface area contributed by atoms with E-state index < -0.39 is 5.54 Å². The van der Waals surface area contributed by atoms with E-state index in [2.05, 4.69) is 37.4 Å². The highest BCUT2D eigenvalue weighted by atomic mass is 16.2. The van der Waals surface area contributed by atoms with Gasteiger partial charge in [0.2, 0.25) is 11.8 Å². The average Bonchev–Trinajstić information content (AvgIpc) is 2.55. The van der Waals surface area contributed by atoms with Gasteiger partial charge in [-0.05, 0) is 43.9 Å². The summed E-state index contributed by atoms with van der Waals surface area (Å²) >= 11 is 0. The first-order chi connectivity index (χ1) is 9.85. The lowest BCUT2D eigenvalue weighted by Crippen LogP contribution is -2.54. The second kappa shape index (κ2) is 5.88. The highest BCUT2D eigenvalue weighted by Gasteiger charge is 2.38. The van der Waals surface area contributed by atoms with Gasteiger partial charge in [-0.1, -0.05) is 25.1 Å². The fourth-order valence-corrected chi connectivity index (χ4v) is 2.62. The molecule has 1 heterocycles. The van der Waals surface area contributed by atoms with Crippen LogP contribution in [0.4, 0.5) is 0 Å². The van der Waals surface area contributed by atoms with Crippen molar-refractivity contribution in [1.82, 2.24) is 10.2 Å². The molecule has 0 bridgehead atoms. The van der Waals surface area contributed by atoms with E-state index in [1.54, 1.807) is 4.90 Å². The topological polar surface area (TPSA) is 49.4 Å². The standard InChI is InChI=1S/C17H24N2O2/c1-5-17(4)16(21)19(9-8-15(20)18-17)11-14-7-6-12(2)13(3)10-14/h6-7,10H,5,8-9,11H2,1-4H3,(H,18,20). The normalized spacial score (nSPS) is 23.0. The van der Waals surface area contributed by atoms with Gasteiger partial charge in [-0.2, -0.15) is 0 Å². The zero-order valence-corrected chi connectivity index (χ0v) is 13.3. The Balaban J connectivity index is 2.23. The molecule has 0 aromatic heterocycles. The van der Waals surface area contributed by atoms with E-state index in [1.807, 2.05) is 13.8 Å². The fraction of sp³-hybridized carbons (Fsp3) is 0.529. The Morgan fingerprint density at radius 2 is 1.95 bits per heavy atom. The summed E-state index contributed by atoms with van der Waals surface area (Å²) in [7, 11) is 0. The molecule has 1 saturated heterocycles. The zero-order valence-electron chi connectivity index (χ0n) is 13.3. The maximum Gasteiger partial charge on any atom is 0.248 e. The molecule has 114 valence electrons. The van der Waals surface area contributed by atoms with Gasteiger partial charge in [0.05, 0.1) is 0 Å². The van der Waals surface area contributed by atoms with Crippen molar-refractivity contribution in [2.45, 2.75) is 52.6 Å². The van der Waals surface area contributed by atoms with Crippen LogP contribution in [0.3, 0.4) is 0 Å². The summed E-state index contributed by atoms with van der Waals surface area (Å²) in [6.45, 7) is 8.93. The number of nitrogens with one attached hydrogen (secondary N) is 1. The third kappa shape index (κ3) is 3.26. The van der Waals surface area contributed by atoms with E-state index >= 15 is 0 Å². The van der Waals surface area contributed by atoms with Crippen LogP contribution in [-0.2, 0) is 16.1 Å². The molecule has 1 aliphatic heterocycles. The Morgan fingerprint density at radius 3 is 2.57 bits per heavy atom. The van der Waals surface area contributed by atoms with E-state index in [1.165, 1.54) is 11.1 Å². The largest absolute Gasteiger partial charge is 0.342 e. The predicted molar refractivity (Wildman–Crippen MR) is 82.8 cm³/mol. The molecule has 2 rings (SSSR count). The molecule has 0 spiro atoms. The van der Waals surface area contributed by atoms with Gasteiger partial charge in [0.15, 0.2) is 0 Å². The monoisotopic (exact) mass is 288 g/mol. The Morgan fingerprint density at radius 1 is 1.24 bits per heavy atom. The molecular weight excluding hydrogens is 264 g/mol. The second-order valence-corrected chi connectivity index (χ2v) is 6.13. The third-order valence-electron chi connectivity index (χ3n) is 4.44. The molecule has 21 heavy (non-hydrogen) atoms. The summed E-state index contributed by atoms with van der Waals surface area (Å²) in [5.41, 5.74) is 2.80. The second-order valence-electron chi connectivity index (χ2n) is 6.13. The van der Waals surface area contributed by atoms with Crippen molar-refractivity contribution in [3.8, 4) is 0 Å². The van der Waals surface area contributed by atoms with Gasteiger partial charge in [0, 0.05) is 19.5 Å². The summed E-state index contributed by atoms with van der Waals surface area (Å²) in [6.07, 6.45) is 0.965. The third-order valence-corrected chi connectivity index (χ3v) is 4.44. The van der Waals surface area contributed by atoms with Crippen LogP contribution < -0.4 is 5.32 Å². The van der Waals surface area contributed by atoms with Crippen LogP contribution in [-0.4, -0.2) is 28.8 Å². The minimum Gasteiger partial charge on any atom is -0.342 e. The molecule has 4 heteroatoms. The highest BCUT2D eigenvalue weighted by molar-refractivity contribution is 5.93. The Bertz CT molecular complexity index is 568. The number of aryl methyl sites for hydroxylation is 2. The number of hydrogen-bond donors (Lipinski definition) is 1. The van der Waals surface area contributed by atoms with Crippen LogP contribution in [0, 0.1) is 13.8 Å². The van der Waals surface area contributed by atoms with Crippen LogP contribution in [0.25, 0.3) is 0 Å². The van der Waals surface area contributed by atoms with Gasteiger partial charge in [-0.15, -0.1) is 0 Å². The number of carbonyl (C=O) groups is 2. The summed E-state index contributed by atoms with van der Waals surface area (Å²) in [5, 5.41) is 2.86. The van der Waals surface area contributed by atoms with Crippen molar-refractivity contribution >= 4 is 11.8 Å². The minimum absolute atomic E-state index is 0.00841. The van der Waals surface area contributed by atoms with Gasteiger partial charge in [0.25, 0.3) is 0 Å². The fourth-order valence-electron chi connectivity index (χ4n) is 2.62. The van der Waals surface area contributed by atoms with Crippen LogP contribution in [0.2, 0.25) is 0 Å². The lowest BCUT2D eigenvalue weighted by molar-refractivity contribution is -0.138. The summed E-state index contributed by atoms with van der Waals surface area (Å²) in [4.78, 5) is 26.3. The Labute approximate surface area is 126 Å². The van der Waals surface area contributed by atoms with Crippen molar-refractivity contribution < 1.29 is 9.59 Å². The van der Waals surface area contributed by atoms with Crippen molar-refractivity contribution in [1.29, 1.82) is 0 Å². The van der Waals surface area contributed by atoms with Gasteiger partial charge >= 0.3 is 0 Å². The van der Waals surface area contributed by atoms with Gasteiger partial charge < -0.3 is 10.2 Å². The first-order valence-electron chi connectivity index (χ1n) is 7.52. The van der Waals surface area contributed by atoms with Crippen molar-refractivity contribution in [3.05, 3.63) is 34.9 Å². The van der Waals surface area contributed by atoms with E-state index in [-0.39, 0.29) is 11.8 Å². The number of nitrogens with zero attached hydrogens (tertiary/aromatic N) is 1. The van der Waals surface area contributed by atoms with Crippen LogP contribution in [0.5, 0.6) is 0 Å². The molecular formula is C17H24N2O2. The number of carbonyl (C=O) groups excluding carboxylic acids is 2. The molecule has 0 saturated carbocycles. The van der Waals surface area contributed by atoms with Crippen molar-refractivity contribution in [3.63, 3.8) is 0 Å². The minimum atomic E-state index is -0.784. The maximum absolute atomic E-state index is 12.7. The summed E-state index contributed by atoms with van der Waals surface area (Å²) in [6, 6.07) is 6.25. The van der Waals surface area contributed by atoms with E-state index in [9.17, 15) is 9.59 Å². The predicted octanol–water partition coefficient (Wildman–Crippen LogP) is 2.32. The Kier molecular flexibility index (Phi) is 4.35. The van der Waals surface area contributed by atoms with Crippen LogP contribution >= 0.6 is 0 Å². The number of benzene rings is 1. The van der Waals surface area contributed by atoms with Crippen molar-refractivity contribution in [2.24, 2.45) is 0 Å². The zero-order chi connectivity index (χ0) is 15.6. The first kappa shape index (κ1) is 15.5. The average molecular weight is 288 g/mol. The molecule has 0 aliphatic carbocycles. The highest BCUT2D eigenvalue weighted by Crippen LogP contribution is 2.20. The Hall–Kier alpha value is -1.84. The lowest BCUT2D eigenvalue weighted by atomic mass is 9.97. The molecule has 1 aromatic carbocycles. The molecule has 0 radical (unpaired) electrons. The lowest BCUT2D eigenvalue weighted by Gasteiger charge is -2.31. The molecule has 1 aliphatic rings. The first-order valence-corrected chi connectivity index (χ1v) is 7.52. The maximum atomic E-state index is 12.7. The van der Waals surface area contributed by atoms with Gasteiger partial charge in [-0.3, -0.25) is 9.59 Å². The van der Waals surface area contributed by atoms with Crippen molar-refractivity contribution in [2.75, 3.05) is 6.54 Å². The van der Waals surface area contributed by atoms with Crippen LogP contribution in [0.1, 0.15) is 43.4 Å². The van der Waals surface area contributed by atoms with E-state index in [4.69, 9.17) is 0 Å². The summed E-state index contributed by atoms with van der Waals surface area (Å²) < 4.78 is 0. The SMILES string of the molecule is CCC1(C)NC(=O)CCN(Cc2ccc(C)c(C)c2)C1=O. The molecule has 1 aromatic rings. The quantitative estimate of drug-likeness (QED) is 0.928. The van der Waals surface area contributed by atoms with Crippen LogP contribution in [0.15, 0.2) is 18.2 Å². The van der Waals surface area contributed by atoms with Gasteiger partial charge in [0.1, 0.15) is 5.54 Å². The molecule has 1 atom stereocenters. The van der Waals surface area contributed by atoms with E-state index in [0.717, 1.165) is 5.56 Å². The number of amides is 2. The van der Waals surface area contributed by atoms with Gasteiger partial charge in [-0.25, -0.2) is 0 Å². The molecule has 1 unspecified atom stereocenters. The molecule has 1 fully saturated rings. The number of rotatable bonds is 3. The smallest absolute Gasteiger partial charge is 0.248 e. The molecule has 2 amide bonds. The molecule has 1 N–H and O–H groups in total. The molecule has 4 nitrogen and oxygen atoms in total. The number of hydrogen-bond acceptors (Lipinski definition) is 2. The summed E-state index contributed by atoms with van der Waals surface area (Å²) in [5.74, 6) is -0.0376.